The van der Waals surface area contributed by atoms with E-state index in [1.54, 1.807) is 0 Å². The highest BCUT2D eigenvalue weighted by atomic mass is 14.5. The van der Waals surface area contributed by atoms with Gasteiger partial charge in [-0.1, -0.05) is 39.5 Å². The van der Waals surface area contributed by atoms with Crippen molar-refractivity contribution in [2.45, 2.75) is 90.9 Å². The molecule has 0 aromatic heterocycles. The van der Waals surface area contributed by atoms with Crippen LogP contribution in [0.4, 0.5) is 0 Å². The van der Waals surface area contributed by atoms with Crippen LogP contribution in [0.15, 0.2) is 0 Å². The summed E-state index contributed by atoms with van der Waals surface area (Å²) in [6, 6.07) is 2.77. The summed E-state index contributed by atoms with van der Waals surface area (Å²) in [6.45, 7) is 4.64. The summed E-state index contributed by atoms with van der Waals surface area (Å²) in [5.74, 6) is 4.92. The molecule has 0 N–H and O–H groups in total. The van der Waals surface area contributed by atoms with Crippen molar-refractivity contribution in [3.63, 3.8) is 0 Å². The van der Waals surface area contributed by atoms with Gasteiger partial charge in [-0.25, -0.2) is 0 Å². The van der Waals surface area contributed by atoms with E-state index in [4.69, 9.17) is 0 Å². The van der Waals surface area contributed by atoms with Crippen molar-refractivity contribution in [3.05, 3.63) is 0 Å². The first-order chi connectivity index (χ1) is 10.7. The summed E-state index contributed by atoms with van der Waals surface area (Å²) < 4.78 is 0. The minimum Gasteiger partial charge on any atom is -0.198 e. The summed E-state index contributed by atoms with van der Waals surface area (Å²) in [5.41, 5.74) is 0.0463. The predicted molar refractivity (Wildman–Crippen MR) is 92.2 cm³/mol. The lowest BCUT2D eigenvalue weighted by molar-refractivity contribution is -0.0173. The number of fused-ring (bicyclic) bond motifs is 3. The molecule has 6 atom stereocenters. The van der Waals surface area contributed by atoms with E-state index in [-0.39, 0.29) is 5.41 Å². The van der Waals surface area contributed by atoms with Gasteiger partial charge in [0, 0.05) is 0 Å². The molecule has 1 heteroatoms. The Hall–Kier alpha value is -0.510. The fourth-order valence-electron chi connectivity index (χ4n) is 6.29. The summed E-state index contributed by atoms with van der Waals surface area (Å²) in [6.07, 6.45) is 16.2. The second kappa shape index (κ2) is 6.94. The average molecular weight is 302 g/mol. The van der Waals surface area contributed by atoms with Crippen LogP contribution < -0.4 is 0 Å². The Kier molecular flexibility index (Phi) is 5.16. The van der Waals surface area contributed by atoms with Crippen LogP contribution in [-0.2, 0) is 0 Å². The number of rotatable bonds is 4. The molecule has 0 saturated heterocycles. The second-order valence-corrected chi connectivity index (χ2v) is 8.75. The third kappa shape index (κ3) is 3.08. The standard InChI is InChI=1S/C21H35N/c1-3-5-11-21(15-22)12-10-20-18(14-21)8-7-17-13-16(4-2)6-9-19(17)20/h16-20H,3-14H2,1-2H3. The Morgan fingerprint density at radius 2 is 1.77 bits per heavy atom. The minimum atomic E-state index is 0.0463. The molecule has 0 aromatic carbocycles. The Balaban J connectivity index is 1.65. The number of hydrogen-bond acceptors (Lipinski definition) is 1. The van der Waals surface area contributed by atoms with Crippen molar-refractivity contribution in [1.29, 1.82) is 5.26 Å². The highest BCUT2D eigenvalue weighted by molar-refractivity contribution is 5.06. The lowest BCUT2D eigenvalue weighted by atomic mass is 9.52. The second-order valence-electron chi connectivity index (χ2n) is 8.75. The molecule has 0 heterocycles. The van der Waals surface area contributed by atoms with Gasteiger partial charge in [-0.15, -0.1) is 0 Å². The summed E-state index contributed by atoms with van der Waals surface area (Å²) in [7, 11) is 0. The third-order valence-electron chi connectivity index (χ3n) is 7.65. The smallest absolute Gasteiger partial charge is 0.0689 e. The van der Waals surface area contributed by atoms with Gasteiger partial charge in [-0.2, -0.15) is 5.26 Å². The molecule has 3 aliphatic rings. The number of nitriles is 1. The predicted octanol–water partition coefficient (Wildman–Crippen LogP) is 6.34. The van der Waals surface area contributed by atoms with Crippen LogP contribution >= 0.6 is 0 Å². The zero-order chi connectivity index (χ0) is 15.6. The van der Waals surface area contributed by atoms with Crippen LogP contribution in [0.2, 0.25) is 0 Å². The molecule has 1 nitrogen and oxygen atoms in total. The number of unbranched alkanes of at least 4 members (excludes halogenated alkanes) is 1. The molecule has 3 aliphatic carbocycles. The van der Waals surface area contributed by atoms with E-state index in [9.17, 15) is 5.26 Å². The van der Waals surface area contributed by atoms with E-state index in [0.29, 0.717) is 0 Å². The van der Waals surface area contributed by atoms with Crippen LogP contribution in [0.25, 0.3) is 0 Å². The Morgan fingerprint density at radius 3 is 2.50 bits per heavy atom. The summed E-state index contributed by atoms with van der Waals surface area (Å²) in [4.78, 5) is 0. The van der Waals surface area contributed by atoms with Crippen LogP contribution in [-0.4, -0.2) is 0 Å². The van der Waals surface area contributed by atoms with Gasteiger partial charge < -0.3 is 0 Å². The maximum absolute atomic E-state index is 9.81. The van der Waals surface area contributed by atoms with Gasteiger partial charge in [-0.3, -0.25) is 0 Å². The molecule has 3 saturated carbocycles. The molecule has 0 radical (unpaired) electrons. The zero-order valence-electron chi connectivity index (χ0n) is 14.8. The molecule has 3 rings (SSSR count). The monoisotopic (exact) mass is 301 g/mol. The van der Waals surface area contributed by atoms with Gasteiger partial charge in [0.25, 0.3) is 0 Å². The highest BCUT2D eigenvalue weighted by Crippen LogP contribution is 2.56. The van der Waals surface area contributed by atoms with Gasteiger partial charge in [0.2, 0.25) is 0 Å². The van der Waals surface area contributed by atoms with Crippen molar-refractivity contribution < 1.29 is 0 Å². The first-order valence-corrected chi connectivity index (χ1v) is 10.1. The maximum Gasteiger partial charge on any atom is 0.0689 e. The van der Waals surface area contributed by atoms with E-state index in [2.05, 4.69) is 19.9 Å². The van der Waals surface area contributed by atoms with Gasteiger partial charge in [0.05, 0.1) is 11.5 Å². The van der Waals surface area contributed by atoms with Crippen molar-refractivity contribution in [3.8, 4) is 6.07 Å². The molecular weight excluding hydrogens is 266 g/mol. The molecule has 0 aromatic rings. The molecule has 124 valence electrons. The molecule has 0 spiro atoms. The number of hydrogen-bond donors (Lipinski definition) is 0. The Labute approximate surface area is 137 Å². The number of nitrogens with zero attached hydrogens (tertiary/aromatic N) is 1. The summed E-state index contributed by atoms with van der Waals surface area (Å²) in [5, 5.41) is 9.81. The van der Waals surface area contributed by atoms with Crippen LogP contribution in [0, 0.1) is 46.3 Å². The maximum atomic E-state index is 9.81. The van der Waals surface area contributed by atoms with Crippen molar-refractivity contribution in [2.24, 2.45) is 35.0 Å². The van der Waals surface area contributed by atoms with Crippen molar-refractivity contribution in [1.82, 2.24) is 0 Å². The first-order valence-electron chi connectivity index (χ1n) is 10.1. The van der Waals surface area contributed by atoms with Gasteiger partial charge in [0.15, 0.2) is 0 Å². The van der Waals surface area contributed by atoms with E-state index >= 15 is 0 Å². The molecular formula is C21H35N. The van der Waals surface area contributed by atoms with E-state index in [0.717, 1.165) is 36.0 Å². The highest BCUT2D eigenvalue weighted by Gasteiger charge is 2.48. The Bertz CT molecular complexity index is 409. The van der Waals surface area contributed by atoms with Crippen molar-refractivity contribution >= 4 is 0 Å². The van der Waals surface area contributed by atoms with Crippen molar-refractivity contribution in [2.75, 3.05) is 0 Å². The van der Waals surface area contributed by atoms with Gasteiger partial charge in [-0.05, 0) is 81.0 Å². The molecule has 0 amide bonds. The molecule has 0 aliphatic heterocycles. The average Bonchev–Trinajstić information content (AvgIpc) is 2.59. The van der Waals surface area contributed by atoms with E-state index in [1.807, 2.05) is 0 Å². The minimum absolute atomic E-state index is 0.0463. The molecule has 0 bridgehead atoms. The Morgan fingerprint density at radius 1 is 1.00 bits per heavy atom. The van der Waals surface area contributed by atoms with Gasteiger partial charge >= 0.3 is 0 Å². The largest absolute Gasteiger partial charge is 0.198 e. The fourth-order valence-corrected chi connectivity index (χ4v) is 6.29. The fraction of sp³-hybridized carbons (Fsp3) is 0.952. The SMILES string of the molecule is CCCCC1(C#N)CCC2C(CCC3CC(CC)CCC32)C1. The first kappa shape index (κ1) is 16.4. The van der Waals surface area contributed by atoms with Gasteiger partial charge in [0.1, 0.15) is 0 Å². The van der Waals surface area contributed by atoms with E-state index in [1.165, 1.54) is 70.6 Å². The van der Waals surface area contributed by atoms with Crippen LogP contribution in [0.3, 0.4) is 0 Å². The van der Waals surface area contributed by atoms with Crippen LogP contribution in [0.1, 0.15) is 90.9 Å². The normalized spacial score (nSPS) is 44.7. The lowest BCUT2D eigenvalue weighted by Gasteiger charge is -2.52. The molecule has 3 fully saturated rings. The van der Waals surface area contributed by atoms with Crippen LogP contribution in [0.5, 0.6) is 0 Å². The third-order valence-corrected chi connectivity index (χ3v) is 7.65. The topological polar surface area (TPSA) is 23.8 Å². The quantitative estimate of drug-likeness (QED) is 0.594. The summed E-state index contributed by atoms with van der Waals surface area (Å²) >= 11 is 0. The molecule has 6 unspecified atom stereocenters. The zero-order valence-corrected chi connectivity index (χ0v) is 14.8. The lowest BCUT2D eigenvalue weighted by Crippen LogP contribution is -2.44. The molecule has 22 heavy (non-hydrogen) atoms. The van der Waals surface area contributed by atoms with E-state index < -0.39 is 0 Å².